The summed E-state index contributed by atoms with van der Waals surface area (Å²) < 4.78 is 0. The van der Waals surface area contributed by atoms with Crippen LogP contribution in [0.1, 0.15) is 65.0 Å². The van der Waals surface area contributed by atoms with E-state index in [1.807, 2.05) is 38.1 Å². The van der Waals surface area contributed by atoms with Crippen molar-refractivity contribution in [3.8, 4) is 0 Å². The highest BCUT2D eigenvalue weighted by molar-refractivity contribution is 6.07. The molecule has 0 spiro atoms. The van der Waals surface area contributed by atoms with Gasteiger partial charge in [-0.15, -0.1) is 0 Å². The van der Waals surface area contributed by atoms with Gasteiger partial charge in [0.2, 0.25) is 5.91 Å². The second kappa shape index (κ2) is 6.68. The van der Waals surface area contributed by atoms with Gasteiger partial charge in [-0.1, -0.05) is 58.9 Å². The summed E-state index contributed by atoms with van der Waals surface area (Å²) in [6, 6.07) is 8.17. The molecule has 2 fully saturated rings. The van der Waals surface area contributed by atoms with Gasteiger partial charge in [0, 0.05) is 17.9 Å². The molecule has 3 nitrogen and oxygen atoms in total. The third-order valence-corrected chi connectivity index (χ3v) is 7.19. The standard InChI is InChI=1S/C23H31NO2/c1-6-15(2)21(26)24-14-17-9-7-16(8-10-17)13-18-19-11-12-23(5,20(18)25)22(19,3)4/h7-10,13,15,19H,6,11-12,14H2,1-5H3,(H,24,26)/b18-13+. The molecule has 3 rings (SSSR count). The van der Waals surface area contributed by atoms with Crippen molar-refractivity contribution in [1.29, 1.82) is 0 Å². The molecule has 3 heteroatoms. The summed E-state index contributed by atoms with van der Waals surface area (Å²) in [5, 5.41) is 2.98. The van der Waals surface area contributed by atoms with Gasteiger partial charge in [-0.05, 0) is 53.4 Å². The van der Waals surface area contributed by atoms with Gasteiger partial charge in [0.15, 0.2) is 5.78 Å². The zero-order valence-corrected chi connectivity index (χ0v) is 16.7. The zero-order chi connectivity index (χ0) is 19.1. The number of ketones is 1. The van der Waals surface area contributed by atoms with E-state index in [0.29, 0.717) is 18.2 Å². The molecule has 2 bridgehead atoms. The molecule has 1 amide bonds. The molecule has 1 aromatic rings. The highest BCUT2D eigenvalue weighted by atomic mass is 16.2. The fourth-order valence-corrected chi connectivity index (χ4v) is 4.55. The first-order chi connectivity index (χ1) is 12.2. The van der Waals surface area contributed by atoms with Crippen LogP contribution in [0.15, 0.2) is 29.8 Å². The molecule has 0 saturated heterocycles. The molecule has 2 aliphatic carbocycles. The Morgan fingerprint density at radius 3 is 2.46 bits per heavy atom. The van der Waals surface area contributed by atoms with Crippen molar-refractivity contribution in [1.82, 2.24) is 5.32 Å². The van der Waals surface area contributed by atoms with Crippen molar-refractivity contribution in [3.63, 3.8) is 0 Å². The van der Waals surface area contributed by atoms with Crippen LogP contribution in [0.5, 0.6) is 0 Å². The largest absolute Gasteiger partial charge is 0.352 e. The molecule has 1 aromatic carbocycles. The quantitative estimate of drug-likeness (QED) is 0.776. The summed E-state index contributed by atoms with van der Waals surface area (Å²) in [6.45, 7) is 11.1. The second-order valence-electron chi connectivity index (χ2n) is 8.84. The van der Waals surface area contributed by atoms with Gasteiger partial charge in [-0.3, -0.25) is 9.59 Å². The van der Waals surface area contributed by atoms with Gasteiger partial charge in [0.1, 0.15) is 0 Å². The van der Waals surface area contributed by atoms with Crippen LogP contribution in [0.4, 0.5) is 0 Å². The lowest BCUT2D eigenvalue weighted by Crippen LogP contribution is -2.32. The highest BCUT2D eigenvalue weighted by Gasteiger charge is 2.63. The van der Waals surface area contributed by atoms with Crippen molar-refractivity contribution >= 4 is 17.8 Å². The number of carbonyl (C=O) groups is 2. The van der Waals surface area contributed by atoms with Crippen molar-refractivity contribution < 1.29 is 9.59 Å². The van der Waals surface area contributed by atoms with Gasteiger partial charge in [-0.25, -0.2) is 0 Å². The zero-order valence-electron chi connectivity index (χ0n) is 16.7. The summed E-state index contributed by atoms with van der Waals surface area (Å²) >= 11 is 0. The molecule has 3 unspecified atom stereocenters. The molecule has 0 aliphatic heterocycles. The Bertz CT molecular complexity index is 744. The lowest BCUT2D eigenvalue weighted by Gasteiger charge is -2.31. The van der Waals surface area contributed by atoms with Crippen molar-refractivity contribution in [2.45, 2.75) is 60.4 Å². The molecule has 1 N–H and O–H groups in total. The van der Waals surface area contributed by atoms with Crippen LogP contribution in [0.25, 0.3) is 6.08 Å². The topological polar surface area (TPSA) is 46.2 Å². The monoisotopic (exact) mass is 353 g/mol. The average molecular weight is 354 g/mol. The van der Waals surface area contributed by atoms with E-state index in [9.17, 15) is 9.59 Å². The number of rotatable bonds is 5. The van der Waals surface area contributed by atoms with E-state index in [4.69, 9.17) is 0 Å². The number of amides is 1. The van der Waals surface area contributed by atoms with E-state index in [-0.39, 0.29) is 22.7 Å². The van der Waals surface area contributed by atoms with Crippen molar-refractivity contribution in [3.05, 3.63) is 41.0 Å². The summed E-state index contributed by atoms with van der Waals surface area (Å²) in [4.78, 5) is 24.8. The Labute approximate surface area is 157 Å². The number of carbonyl (C=O) groups excluding carboxylic acids is 2. The Morgan fingerprint density at radius 1 is 1.27 bits per heavy atom. The van der Waals surface area contributed by atoms with Crippen LogP contribution in [0.2, 0.25) is 0 Å². The third kappa shape index (κ3) is 2.91. The number of allylic oxidation sites excluding steroid dienone is 1. The van der Waals surface area contributed by atoms with Gasteiger partial charge in [0.05, 0.1) is 0 Å². The Morgan fingerprint density at radius 2 is 1.92 bits per heavy atom. The van der Waals surface area contributed by atoms with Crippen molar-refractivity contribution in [2.24, 2.45) is 22.7 Å². The molecular weight excluding hydrogens is 322 g/mol. The van der Waals surface area contributed by atoms with Crippen LogP contribution in [0.3, 0.4) is 0 Å². The van der Waals surface area contributed by atoms with E-state index >= 15 is 0 Å². The SMILES string of the molecule is CCC(C)C(=O)NCc1ccc(/C=C2/C(=O)C3(C)CCC2C3(C)C)cc1. The highest BCUT2D eigenvalue weighted by Crippen LogP contribution is 2.65. The summed E-state index contributed by atoms with van der Waals surface area (Å²) in [5.74, 6) is 0.854. The molecule has 2 aliphatic rings. The first-order valence-electron chi connectivity index (χ1n) is 9.83. The average Bonchev–Trinajstić information content (AvgIpc) is 2.94. The number of hydrogen-bond acceptors (Lipinski definition) is 2. The second-order valence-corrected chi connectivity index (χ2v) is 8.84. The number of fused-ring (bicyclic) bond motifs is 2. The predicted octanol–water partition coefficient (Wildman–Crippen LogP) is 4.76. The Balaban J connectivity index is 1.71. The Kier molecular flexibility index (Phi) is 4.85. The van der Waals surface area contributed by atoms with Crippen LogP contribution < -0.4 is 5.32 Å². The van der Waals surface area contributed by atoms with E-state index in [1.165, 1.54) is 0 Å². The molecule has 2 saturated carbocycles. The molecule has 0 aromatic heterocycles. The summed E-state index contributed by atoms with van der Waals surface area (Å²) in [5.41, 5.74) is 2.99. The molecule has 140 valence electrons. The van der Waals surface area contributed by atoms with E-state index in [2.05, 4.69) is 32.2 Å². The Hall–Kier alpha value is -1.90. The molecular formula is C23H31NO2. The third-order valence-electron chi connectivity index (χ3n) is 7.19. The maximum atomic E-state index is 12.9. The fraction of sp³-hybridized carbons (Fsp3) is 0.565. The minimum Gasteiger partial charge on any atom is -0.352 e. The van der Waals surface area contributed by atoms with Gasteiger partial charge in [0.25, 0.3) is 0 Å². The maximum Gasteiger partial charge on any atom is 0.223 e. The fourth-order valence-electron chi connectivity index (χ4n) is 4.55. The lowest BCUT2D eigenvalue weighted by molar-refractivity contribution is -0.125. The number of hydrogen-bond donors (Lipinski definition) is 1. The molecule has 3 atom stereocenters. The molecule has 0 radical (unpaired) electrons. The van der Waals surface area contributed by atoms with Crippen LogP contribution >= 0.6 is 0 Å². The first kappa shape index (κ1) is 18.9. The maximum absolute atomic E-state index is 12.9. The number of Topliss-reactive ketones (excluding diaryl/α,β-unsaturated/α-hetero) is 1. The van der Waals surface area contributed by atoms with E-state index in [0.717, 1.165) is 36.0 Å². The van der Waals surface area contributed by atoms with Crippen LogP contribution in [-0.4, -0.2) is 11.7 Å². The van der Waals surface area contributed by atoms with Gasteiger partial charge < -0.3 is 5.32 Å². The van der Waals surface area contributed by atoms with E-state index < -0.39 is 0 Å². The first-order valence-corrected chi connectivity index (χ1v) is 9.83. The van der Waals surface area contributed by atoms with Crippen LogP contribution in [0, 0.1) is 22.7 Å². The smallest absolute Gasteiger partial charge is 0.223 e. The number of nitrogens with one attached hydrogen (secondary N) is 1. The van der Waals surface area contributed by atoms with Gasteiger partial charge in [-0.2, -0.15) is 0 Å². The minimum absolute atomic E-state index is 0.0486. The molecule has 26 heavy (non-hydrogen) atoms. The van der Waals surface area contributed by atoms with Crippen molar-refractivity contribution in [2.75, 3.05) is 0 Å². The van der Waals surface area contributed by atoms with Gasteiger partial charge >= 0.3 is 0 Å². The lowest BCUT2D eigenvalue weighted by atomic mass is 9.70. The normalized spacial score (nSPS) is 29.2. The van der Waals surface area contributed by atoms with Crippen LogP contribution in [-0.2, 0) is 16.1 Å². The molecule has 0 heterocycles. The van der Waals surface area contributed by atoms with E-state index in [1.54, 1.807) is 0 Å². The number of benzene rings is 1. The summed E-state index contributed by atoms with van der Waals surface area (Å²) in [7, 11) is 0. The minimum atomic E-state index is -0.205. The summed E-state index contributed by atoms with van der Waals surface area (Å²) in [6.07, 6.45) is 5.06. The predicted molar refractivity (Wildman–Crippen MR) is 105 cm³/mol.